The number of carbonyl (C=O) groups is 3. The summed E-state index contributed by atoms with van der Waals surface area (Å²) in [6.45, 7) is 2.23. The van der Waals surface area contributed by atoms with E-state index in [1.54, 1.807) is 37.4 Å². The van der Waals surface area contributed by atoms with Crippen molar-refractivity contribution in [3.8, 4) is 0 Å². The van der Waals surface area contributed by atoms with Gasteiger partial charge in [0.05, 0.1) is 36.1 Å². The van der Waals surface area contributed by atoms with Gasteiger partial charge in [-0.25, -0.2) is 14.3 Å². The van der Waals surface area contributed by atoms with Gasteiger partial charge >= 0.3 is 6.09 Å². The maximum absolute atomic E-state index is 12.5. The number of nitrogens with zero attached hydrogens (tertiary/aromatic N) is 3. The van der Waals surface area contributed by atoms with Crippen LogP contribution < -0.4 is 0 Å². The van der Waals surface area contributed by atoms with Crippen LogP contribution in [-0.2, 0) is 9.47 Å². The minimum atomic E-state index is -0.489. The van der Waals surface area contributed by atoms with Crippen molar-refractivity contribution in [2.45, 2.75) is 32.0 Å². The Hall–Kier alpha value is -3.00. The zero-order chi connectivity index (χ0) is 19.0. The summed E-state index contributed by atoms with van der Waals surface area (Å²) >= 11 is 0. The molecule has 0 bridgehead atoms. The maximum atomic E-state index is 12.5. The van der Waals surface area contributed by atoms with Gasteiger partial charge in [0, 0.05) is 6.20 Å². The van der Waals surface area contributed by atoms with Gasteiger partial charge in [-0.2, -0.15) is 0 Å². The quantitative estimate of drug-likeness (QED) is 0.769. The molecule has 0 spiro atoms. The van der Waals surface area contributed by atoms with Gasteiger partial charge in [-0.1, -0.05) is 12.1 Å². The topological polar surface area (TPSA) is 90.7 Å². The minimum Gasteiger partial charge on any atom is -0.449 e. The van der Waals surface area contributed by atoms with E-state index in [4.69, 9.17) is 9.47 Å². The Morgan fingerprint density at radius 1 is 1.22 bits per heavy atom. The van der Waals surface area contributed by atoms with E-state index in [-0.39, 0.29) is 37.2 Å². The molecule has 1 fully saturated rings. The van der Waals surface area contributed by atoms with Crippen LogP contribution in [0.25, 0.3) is 0 Å². The van der Waals surface area contributed by atoms with E-state index in [0.29, 0.717) is 29.7 Å². The van der Waals surface area contributed by atoms with Gasteiger partial charge in [-0.3, -0.25) is 14.5 Å². The van der Waals surface area contributed by atoms with Crippen molar-refractivity contribution >= 4 is 17.9 Å². The largest absolute Gasteiger partial charge is 0.449 e. The molecule has 1 aromatic carbocycles. The molecule has 2 aliphatic heterocycles. The van der Waals surface area contributed by atoms with Gasteiger partial charge < -0.3 is 9.47 Å². The van der Waals surface area contributed by atoms with Crippen LogP contribution >= 0.6 is 0 Å². The molecule has 140 valence electrons. The fourth-order valence-corrected chi connectivity index (χ4v) is 3.47. The summed E-state index contributed by atoms with van der Waals surface area (Å²) in [5.74, 6) is -0.566. The molecule has 8 nitrogen and oxygen atoms in total. The number of aromatic nitrogens is 2. The third-order valence-electron chi connectivity index (χ3n) is 4.78. The maximum Gasteiger partial charge on any atom is 0.419 e. The Bertz CT molecular complexity index is 871. The first-order valence-corrected chi connectivity index (χ1v) is 8.90. The molecule has 0 N–H and O–H groups in total. The van der Waals surface area contributed by atoms with Gasteiger partial charge in [-0.15, -0.1) is 0 Å². The van der Waals surface area contributed by atoms with Crippen LogP contribution in [0, 0.1) is 0 Å². The predicted molar refractivity (Wildman–Crippen MR) is 93.3 cm³/mol. The molecular weight excluding hydrogens is 350 g/mol. The lowest BCUT2D eigenvalue weighted by atomic mass is 10.1. The summed E-state index contributed by atoms with van der Waals surface area (Å²) in [5.41, 5.74) is 1.50. The van der Waals surface area contributed by atoms with Crippen LogP contribution in [-0.4, -0.2) is 51.6 Å². The Labute approximate surface area is 155 Å². The van der Waals surface area contributed by atoms with Crippen LogP contribution in [0.5, 0.6) is 0 Å². The second-order valence-corrected chi connectivity index (χ2v) is 6.50. The zero-order valence-corrected chi connectivity index (χ0v) is 14.8. The molecule has 2 atom stereocenters. The number of fused-ring (bicyclic) bond motifs is 1. The van der Waals surface area contributed by atoms with E-state index >= 15 is 0 Å². The van der Waals surface area contributed by atoms with Gasteiger partial charge in [0.2, 0.25) is 0 Å². The summed E-state index contributed by atoms with van der Waals surface area (Å²) in [4.78, 5) is 42.1. The molecule has 27 heavy (non-hydrogen) atoms. The summed E-state index contributed by atoms with van der Waals surface area (Å²) in [5, 5.41) is 0. The average Bonchev–Trinajstić information content (AvgIpc) is 3.38. The fraction of sp³-hybridized carbons (Fsp3) is 0.368. The van der Waals surface area contributed by atoms with Gasteiger partial charge in [0.25, 0.3) is 11.8 Å². The number of ether oxygens (including phenoxy) is 2. The lowest BCUT2D eigenvalue weighted by Gasteiger charge is -2.19. The smallest absolute Gasteiger partial charge is 0.419 e. The molecule has 3 heterocycles. The van der Waals surface area contributed by atoms with Crippen molar-refractivity contribution in [1.82, 2.24) is 14.5 Å². The van der Waals surface area contributed by atoms with Crippen molar-refractivity contribution in [3.63, 3.8) is 0 Å². The molecule has 1 saturated heterocycles. The molecule has 0 unspecified atom stereocenters. The normalized spacial score (nSPS) is 21.6. The highest BCUT2D eigenvalue weighted by Gasteiger charge is 2.38. The van der Waals surface area contributed by atoms with Crippen molar-refractivity contribution in [2.24, 2.45) is 0 Å². The monoisotopic (exact) mass is 369 g/mol. The summed E-state index contributed by atoms with van der Waals surface area (Å²) in [6, 6.07) is 6.82. The average molecular weight is 369 g/mol. The number of imide groups is 1. The first-order valence-electron chi connectivity index (χ1n) is 8.90. The second-order valence-electron chi connectivity index (χ2n) is 6.50. The molecule has 2 aliphatic rings. The fourth-order valence-electron chi connectivity index (χ4n) is 3.47. The predicted octanol–water partition coefficient (Wildman–Crippen LogP) is 2.40. The van der Waals surface area contributed by atoms with Crippen LogP contribution in [0.1, 0.15) is 52.3 Å². The Kier molecular flexibility index (Phi) is 4.49. The molecule has 2 amide bonds. The molecule has 2 aromatic rings. The van der Waals surface area contributed by atoms with Gasteiger partial charge in [0.15, 0.2) is 0 Å². The van der Waals surface area contributed by atoms with E-state index in [1.165, 1.54) is 15.8 Å². The number of benzene rings is 1. The van der Waals surface area contributed by atoms with Crippen LogP contribution in [0.3, 0.4) is 0 Å². The number of rotatable bonds is 4. The Balaban J connectivity index is 1.40. The summed E-state index contributed by atoms with van der Waals surface area (Å²) in [7, 11) is 0. The standard InChI is InChI=1S/C19H19N3O5/c1-2-26-19(25)21-10-15(20-11-21)16-8-7-12(27-16)9-22-17(23)13-5-3-4-6-14(13)18(22)24/h3-6,10-12,16H,2,7-9H2,1H3/t12-,16+/m1/s1. The minimum absolute atomic E-state index is 0.210. The van der Waals surface area contributed by atoms with Crippen molar-refractivity contribution < 1.29 is 23.9 Å². The number of hydrogen-bond acceptors (Lipinski definition) is 6. The van der Waals surface area contributed by atoms with Gasteiger partial charge in [0.1, 0.15) is 12.4 Å². The van der Waals surface area contributed by atoms with E-state index in [0.717, 1.165) is 0 Å². The lowest BCUT2D eigenvalue weighted by molar-refractivity contribution is 0.0203. The van der Waals surface area contributed by atoms with Gasteiger partial charge in [-0.05, 0) is 31.9 Å². The van der Waals surface area contributed by atoms with E-state index in [2.05, 4.69) is 4.98 Å². The highest BCUT2D eigenvalue weighted by Crippen LogP contribution is 2.33. The summed E-state index contributed by atoms with van der Waals surface area (Å²) < 4.78 is 12.2. The molecular formula is C19H19N3O5. The zero-order valence-electron chi connectivity index (χ0n) is 14.8. The molecule has 0 saturated carbocycles. The molecule has 4 rings (SSSR count). The first-order chi connectivity index (χ1) is 13.1. The first kappa shape index (κ1) is 17.4. The highest BCUT2D eigenvalue weighted by molar-refractivity contribution is 6.21. The number of carbonyl (C=O) groups excluding carboxylic acids is 3. The van der Waals surface area contributed by atoms with E-state index < -0.39 is 6.09 Å². The Morgan fingerprint density at radius 3 is 2.59 bits per heavy atom. The third kappa shape index (κ3) is 3.12. The molecule has 1 aromatic heterocycles. The highest BCUT2D eigenvalue weighted by atomic mass is 16.5. The van der Waals surface area contributed by atoms with Crippen LogP contribution in [0.2, 0.25) is 0 Å². The number of imidazole rings is 1. The third-order valence-corrected chi connectivity index (χ3v) is 4.78. The molecule has 0 aliphatic carbocycles. The van der Waals surface area contributed by atoms with Crippen LogP contribution in [0.15, 0.2) is 36.8 Å². The second kappa shape index (κ2) is 6.96. The van der Waals surface area contributed by atoms with Crippen molar-refractivity contribution in [1.29, 1.82) is 0 Å². The molecule has 8 heteroatoms. The molecule has 0 radical (unpaired) electrons. The summed E-state index contributed by atoms with van der Waals surface area (Å²) in [6.07, 6.45) is 3.36. The van der Waals surface area contributed by atoms with Crippen LogP contribution in [0.4, 0.5) is 4.79 Å². The lowest BCUT2D eigenvalue weighted by Crippen LogP contribution is -2.36. The van der Waals surface area contributed by atoms with E-state index in [9.17, 15) is 14.4 Å². The number of hydrogen-bond donors (Lipinski definition) is 0. The van der Waals surface area contributed by atoms with Crippen molar-refractivity contribution in [3.05, 3.63) is 53.6 Å². The van der Waals surface area contributed by atoms with E-state index in [1.807, 2.05) is 0 Å². The number of amides is 2. The SMILES string of the molecule is CCOC(=O)n1cnc([C@@H]2CC[C@H](CN3C(=O)c4ccccc4C3=O)O2)c1. The Morgan fingerprint density at radius 2 is 1.93 bits per heavy atom. The van der Waals surface area contributed by atoms with Crippen molar-refractivity contribution in [2.75, 3.05) is 13.2 Å².